The van der Waals surface area contributed by atoms with Crippen LogP contribution in [0.25, 0.3) is 76.5 Å². The van der Waals surface area contributed by atoms with Gasteiger partial charge in [-0.05, 0) is 125 Å². The van der Waals surface area contributed by atoms with Crippen LogP contribution < -0.4 is 4.90 Å². The average Bonchev–Trinajstić information content (AvgIpc) is 3.24. The van der Waals surface area contributed by atoms with Gasteiger partial charge in [-0.2, -0.15) is 0 Å². The van der Waals surface area contributed by atoms with Gasteiger partial charge in [0.05, 0.1) is 0 Å². The lowest BCUT2D eigenvalue weighted by atomic mass is 9.93. The van der Waals surface area contributed by atoms with E-state index < -0.39 is 0 Å². The minimum absolute atomic E-state index is 1.11. The Labute approximate surface area is 309 Å². The molecule has 0 aliphatic carbocycles. The maximum atomic E-state index is 2.39. The van der Waals surface area contributed by atoms with Crippen LogP contribution in [0.2, 0.25) is 0 Å². The lowest BCUT2D eigenvalue weighted by Gasteiger charge is -2.27. The van der Waals surface area contributed by atoms with E-state index in [1.54, 1.807) is 0 Å². The Hall–Kier alpha value is -6.96. The summed E-state index contributed by atoms with van der Waals surface area (Å²) in [6.45, 7) is 0. The normalized spacial score (nSPS) is 11.4. The van der Waals surface area contributed by atoms with Gasteiger partial charge >= 0.3 is 0 Å². The number of rotatable bonds is 6. The van der Waals surface area contributed by atoms with Gasteiger partial charge in [-0.3, -0.25) is 0 Å². The summed E-state index contributed by atoms with van der Waals surface area (Å²) < 4.78 is 0. The number of hydrogen-bond acceptors (Lipinski definition) is 1. The van der Waals surface area contributed by atoms with Crippen LogP contribution in [0.1, 0.15) is 0 Å². The van der Waals surface area contributed by atoms with Crippen LogP contribution in [0.3, 0.4) is 0 Å². The Morgan fingerprint density at radius 1 is 0.226 bits per heavy atom. The first-order valence-electron chi connectivity index (χ1n) is 18.3. The topological polar surface area (TPSA) is 3.24 Å². The van der Waals surface area contributed by atoms with Gasteiger partial charge in [0, 0.05) is 17.1 Å². The van der Waals surface area contributed by atoms with Gasteiger partial charge in [0.15, 0.2) is 0 Å². The van der Waals surface area contributed by atoms with Crippen molar-refractivity contribution in [1.82, 2.24) is 0 Å². The first kappa shape index (κ1) is 30.8. The van der Waals surface area contributed by atoms with E-state index >= 15 is 0 Å². The first-order valence-corrected chi connectivity index (χ1v) is 18.3. The minimum atomic E-state index is 1.11. The summed E-state index contributed by atoms with van der Waals surface area (Å²) in [5.41, 5.74) is 10.7. The van der Waals surface area contributed by atoms with E-state index in [1.165, 1.54) is 76.5 Å². The van der Waals surface area contributed by atoms with Gasteiger partial charge in [-0.15, -0.1) is 0 Å². The summed E-state index contributed by atoms with van der Waals surface area (Å²) in [6, 6.07) is 77.3. The van der Waals surface area contributed by atoms with Crippen LogP contribution in [-0.4, -0.2) is 0 Å². The molecule has 0 spiro atoms. The third-order valence-electron chi connectivity index (χ3n) is 10.6. The van der Waals surface area contributed by atoms with Crippen molar-refractivity contribution in [1.29, 1.82) is 0 Å². The number of anilines is 3. The fourth-order valence-electron chi connectivity index (χ4n) is 8.00. The molecule has 0 bridgehead atoms. The Kier molecular flexibility index (Phi) is 7.55. The van der Waals surface area contributed by atoms with Gasteiger partial charge in [0.25, 0.3) is 0 Å². The molecule has 0 saturated heterocycles. The Morgan fingerprint density at radius 3 is 1.66 bits per heavy atom. The highest BCUT2D eigenvalue weighted by atomic mass is 15.1. The quantitative estimate of drug-likeness (QED) is 0.159. The highest BCUT2D eigenvalue weighted by molar-refractivity contribution is 6.14. The molecule has 10 rings (SSSR count). The summed E-state index contributed by atoms with van der Waals surface area (Å²) in [4.78, 5) is 2.39. The molecule has 0 fully saturated rings. The third-order valence-corrected chi connectivity index (χ3v) is 10.6. The maximum absolute atomic E-state index is 2.39. The molecule has 0 saturated carbocycles. The van der Waals surface area contributed by atoms with Crippen molar-refractivity contribution in [2.24, 2.45) is 0 Å². The summed E-state index contributed by atoms with van der Waals surface area (Å²) >= 11 is 0. The zero-order valence-electron chi connectivity index (χ0n) is 29.2. The minimum Gasteiger partial charge on any atom is -0.310 e. The van der Waals surface area contributed by atoms with E-state index in [1.807, 2.05) is 0 Å². The van der Waals surface area contributed by atoms with Gasteiger partial charge in [-0.1, -0.05) is 164 Å². The molecule has 0 aliphatic heterocycles. The lowest BCUT2D eigenvalue weighted by molar-refractivity contribution is 1.29. The molecule has 0 aromatic heterocycles. The Morgan fingerprint density at radius 2 is 0.811 bits per heavy atom. The maximum Gasteiger partial charge on any atom is 0.0468 e. The predicted molar refractivity (Wildman–Crippen MR) is 227 cm³/mol. The van der Waals surface area contributed by atoms with Crippen LogP contribution in [0.4, 0.5) is 17.1 Å². The summed E-state index contributed by atoms with van der Waals surface area (Å²) in [5.74, 6) is 0. The molecule has 1 nitrogen and oxygen atoms in total. The fraction of sp³-hybridized carbons (Fsp3) is 0. The second-order valence-corrected chi connectivity index (χ2v) is 13.8. The number of nitrogens with zero attached hydrogens (tertiary/aromatic N) is 1. The van der Waals surface area contributed by atoms with Gasteiger partial charge in [0.2, 0.25) is 0 Å². The van der Waals surface area contributed by atoms with E-state index in [4.69, 9.17) is 0 Å². The van der Waals surface area contributed by atoms with Crippen molar-refractivity contribution in [3.05, 3.63) is 212 Å². The van der Waals surface area contributed by atoms with E-state index in [0.717, 1.165) is 17.1 Å². The van der Waals surface area contributed by atoms with Gasteiger partial charge < -0.3 is 4.90 Å². The molecule has 0 unspecified atom stereocenters. The zero-order chi connectivity index (χ0) is 35.1. The molecular formula is C52H35N. The van der Waals surface area contributed by atoms with E-state index in [0.29, 0.717) is 0 Å². The van der Waals surface area contributed by atoms with Gasteiger partial charge in [0.1, 0.15) is 0 Å². The van der Waals surface area contributed by atoms with Crippen molar-refractivity contribution in [2.75, 3.05) is 4.90 Å². The summed E-state index contributed by atoms with van der Waals surface area (Å²) in [6.07, 6.45) is 0. The van der Waals surface area contributed by atoms with Crippen molar-refractivity contribution in [3.63, 3.8) is 0 Å². The predicted octanol–water partition coefficient (Wildman–Crippen LogP) is 14.8. The SMILES string of the molecule is c1ccc(-c2ccc3cc(N(c4ccc(-c5cccc6ccccc56)cc4)c4cccc(-c5cc6ccccc6c6ccccc56)c4)ccc3c2)cc1. The summed E-state index contributed by atoms with van der Waals surface area (Å²) in [7, 11) is 0. The van der Waals surface area contributed by atoms with E-state index in [9.17, 15) is 0 Å². The molecule has 0 aliphatic rings. The van der Waals surface area contributed by atoms with Crippen LogP contribution in [0.15, 0.2) is 212 Å². The van der Waals surface area contributed by atoms with E-state index in [2.05, 4.69) is 217 Å². The first-order chi connectivity index (χ1) is 26.3. The standard InChI is InChI=1S/C52H35N/c1-2-12-36(13-3-1)39-24-25-41-33-46(31-28-40(41)32-39)53(44-29-26-38(27-30-44)48-23-11-16-37-14-4-6-19-47(37)48)45-18-10-17-42(34-45)52-35-43-15-5-7-20-49(43)50-21-8-9-22-51(50)52/h1-35H. The van der Waals surface area contributed by atoms with Gasteiger partial charge in [-0.25, -0.2) is 0 Å². The summed E-state index contributed by atoms with van der Waals surface area (Å²) in [5, 5.41) is 10.00. The number of benzene rings is 10. The number of hydrogen-bond donors (Lipinski definition) is 0. The molecule has 0 N–H and O–H groups in total. The van der Waals surface area contributed by atoms with E-state index in [-0.39, 0.29) is 0 Å². The molecule has 0 amide bonds. The molecule has 10 aromatic rings. The highest BCUT2D eigenvalue weighted by Gasteiger charge is 2.17. The highest BCUT2D eigenvalue weighted by Crippen LogP contribution is 2.41. The Balaban J connectivity index is 1.12. The van der Waals surface area contributed by atoms with Crippen molar-refractivity contribution < 1.29 is 0 Å². The second kappa shape index (κ2) is 13.0. The van der Waals surface area contributed by atoms with Crippen LogP contribution in [0, 0.1) is 0 Å². The molecule has 0 heterocycles. The largest absolute Gasteiger partial charge is 0.310 e. The molecule has 0 radical (unpaired) electrons. The monoisotopic (exact) mass is 673 g/mol. The van der Waals surface area contributed by atoms with Crippen molar-refractivity contribution >= 4 is 60.2 Å². The third kappa shape index (κ3) is 5.60. The molecule has 10 aromatic carbocycles. The number of fused-ring (bicyclic) bond motifs is 5. The Bertz CT molecular complexity index is 2940. The second-order valence-electron chi connectivity index (χ2n) is 13.8. The van der Waals surface area contributed by atoms with Crippen LogP contribution in [0.5, 0.6) is 0 Å². The van der Waals surface area contributed by atoms with Crippen molar-refractivity contribution in [2.45, 2.75) is 0 Å². The lowest BCUT2D eigenvalue weighted by Crippen LogP contribution is -2.10. The zero-order valence-corrected chi connectivity index (χ0v) is 29.2. The fourth-order valence-corrected chi connectivity index (χ4v) is 8.00. The average molecular weight is 674 g/mol. The smallest absolute Gasteiger partial charge is 0.0468 e. The molecule has 1 heteroatoms. The molecular weight excluding hydrogens is 639 g/mol. The molecule has 53 heavy (non-hydrogen) atoms. The van der Waals surface area contributed by atoms with Crippen molar-refractivity contribution in [3.8, 4) is 33.4 Å². The van der Waals surface area contributed by atoms with Crippen LogP contribution >= 0.6 is 0 Å². The molecule has 248 valence electrons. The van der Waals surface area contributed by atoms with Crippen LogP contribution in [-0.2, 0) is 0 Å². The molecule has 0 atom stereocenters.